The Labute approximate surface area is 103 Å². The summed E-state index contributed by atoms with van der Waals surface area (Å²) in [6.07, 6.45) is 8.33. The fourth-order valence-corrected chi connectivity index (χ4v) is 2.33. The number of rotatable bonds is 0. The van der Waals surface area contributed by atoms with Crippen LogP contribution in [0.5, 0.6) is 0 Å². The Balaban J connectivity index is 2.35. The van der Waals surface area contributed by atoms with Crippen LogP contribution in [-0.4, -0.2) is 12.1 Å². The van der Waals surface area contributed by atoms with E-state index in [1.165, 1.54) is 16.7 Å². The second-order valence-electron chi connectivity index (χ2n) is 5.07. The van der Waals surface area contributed by atoms with Crippen LogP contribution in [-0.2, 0) is 9.53 Å². The van der Waals surface area contributed by atoms with Crippen molar-refractivity contribution in [1.82, 2.24) is 0 Å². The molecule has 92 valence electrons. The molecule has 1 aliphatic carbocycles. The lowest BCUT2D eigenvalue weighted by atomic mass is 9.91. The fourth-order valence-electron chi connectivity index (χ4n) is 2.33. The van der Waals surface area contributed by atoms with Crippen molar-refractivity contribution in [3.8, 4) is 0 Å². The Morgan fingerprint density at radius 3 is 2.76 bits per heavy atom. The second kappa shape index (κ2) is 4.91. The van der Waals surface area contributed by atoms with Crippen molar-refractivity contribution in [1.29, 1.82) is 0 Å². The van der Waals surface area contributed by atoms with E-state index in [1.54, 1.807) is 0 Å². The lowest BCUT2D eigenvalue weighted by molar-refractivity contribution is -0.143. The maximum Gasteiger partial charge on any atom is 0.334 e. The Morgan fingerprint density at radius 1 is 1.24 bits per heavy atom. The van der Waals surface area contributed by atoms with E-state index < -0.39 is 0 Å². The van der Waals surface area contributed by atoms with Crippen molar-refractivity contribution in [2.24, 2.45) is 0 Å². The predicted octanol–water partition coefficient (Wildman–Crippen LogP) is 3.69. The molecule has 17 heavy (non-hydrogen) atoms. The van der Waals surface area contributed by atoms with Crippen molar-refractivity contribution < 1.29 is 9.53 Å². The number of hydrogen-bond acceptors (Lipinski definition) is 2. The summed E-state index contributed by atoms with van der Waals surface area (Å²) < 4.78 is 5.45. The average molecular weight is 232 g/mol. The van der Waals surface area contributed by atoms with Gasteiger partial charge < -0.3 is 4.74 Å². The number of carbonyl (C=O) groups excluding carboxylic acids is 1. The van der Waals surface area contributed by atoms with Crippen LogP contribution in [0.1, 0.15) is 46.5 Å². The number of carbonyl (C=O) groups is 1. The van der Waals surface area contributed by atoms with Gasteiger partial charge in [-0.25, -0.2) is 4.79 Å². The second-order valence-corrected chi connectivity index (χ2v) is 5.07. The van der Waals surface area contributed by atoms with Gasteiger partial charge in [-0.05, 0) is 45.6 Å². The van der Waals surface area contributed by atoms with Gasteiger partial charge in [0.2, 0.25) is 0 Å². The normalized spacial score (nSPS) is 32.2. The highest BCUT2D eigenvalue weighted by atomic mass is 16.5. The van der Waals surface area contributed by atoms with Gasteiger partial charge in [0, 0.05) is 12.0 Å². The van der Waals surface area contributed by atoms with Crippen molar-refractivity contribution >= 4 is 5.97 Å². The third-order valence-corrected chi connectivity index (χ3v) is 3.73. The Morgan fingerprint density at radius 2 is 2.00 bits per heavy atom. The van der Waals surface area contributed by atoms with Crippen LogP contribution in [0.4, 0.5) is 0 Å². The molecule has 1 heterocycles. The molecule has 0 saturated carbocycles. The average Bonchev–Trinajstić information content (AvgIpc) is 2.30. The minimum atomic E-state index is -0.143. The van der Waals surface area contributed by atoms with Gasteiger partial charge in [0.25, 0.3) is 0 Å². The fraction of sp³-hybridized carbons (Fsp3) is 0.533. The standard InChI is InChI=1S/C15H20O2/c1-10-5-4-6-11(2)14-9-13(8-7-10)12(3)15(16)17-14/h6-7,14H,4-5,8-9H2,1-3H3/b10-7-,11-6+/t14-/m1/s1. The van der Waals surface area contributed by atoms with E-state index in [2.05, 4.69) is 26.0 Å². The third kappa shape index (κ3) is 2.68. The number of esters is 1. The highest BCUT2D eigenvalue weighted by molar-refractivity contribution is 5.90. The number of allylic oxidation sites excluding steroid dienone is 3. The lowest BCUT2D eigenvalue weighted by Crippen LogP contribution is -2.26. The molecule has 0 amide bonds. The highest BCUT2D eigenvalue weighted by Gasteiger charge is 2.26. The maximum atomic E-state index is 11.8. The van der Waals surface area contributed by atoms with E-state index in [1.807, 2.05) is 6.92 Å². The summed E-state index contributed by atoms with van der Waals surface area (Å²) in [4.78, 5) is 11.8. The Bertz CT molecular complexity index is 424. The summed E-state index contributed by atoms with van der Waals surface area (Å²) in [7, 11) is 0. The molecule has 2 rings (SSSR count). The molecule has 2 bridgehead atoms. The number of hydrogen-bond donors (Lipinski definition) is 0. The van der Waals surface area contributed by atoms with E-state index in [-0.39, 0.29) is 12.1 Å². The molecule has 2 nitrogen and oxygen atoms in total. The van der Waals surface area contributed by atoms with Crippen LogP contribution in [0, 0.1) is 0 Å². The van der Waals surface area contributed by atoms with Crippen molar-refractivity contribution in [3.63, 3.8) is 0 Å². The van der Waals surface area contributed by atoms with Crippen LogP contribution in [0.15, 0.2) is 34.4 Å². The first-order valence-electron chi connectivity index (χ1n) is 6.30. The molecule has 0 spiro atoms. The summed E-state index contributed by atoms with van der Waals surface area (Å²) in [6, 6.07) is 0. The Hall–Kier alpha value is -1.31. The SMILES string of the molecule is CC1=C2C/C=C(/C)CC/C=C(\C)[C@@H](C2)OC1=O. The molecule has 0 aromatic carbocycles. The van der Waals surface area contributed by atoms with E-state index in [0.717, 1.165) is 31.3 Å². The molecule has 1 atom stereocenters. The molecule has 1 aliphatic heterocycles. The van der Waals surface area contributed by atoms with E-state index in [4.69, 9.17) is 4.74 Å². The summed E-state index contributed by atoms with van der Waals surface area (Å²) >= 11 is 0. The summed E-state index contributed by atoms with van der Waals surface area (Å²) in [5.41, 5.74) is 4.64. The molecule has 0 radical (unpaired) electrons. The maximum absolute atomic E-state index is 11.8. The zero-order chi connectivity index (χ0) is 12.4. The molecule has 0 aromatic heterocycles. The van der Waals surface area contributed by atoms with Crippen molar-refractivity contribution in [2.75, 3.05) is 0 Å². The van der Waals surface area contributed by atoms with Gasteiger partial charge in [-0.15, -0.1) is 0 Å². The van der Waals surface area contributed by atoms with Gasteiger partial charge in [0.05, 0.1) is 0 Å². The van der Waals surface area contributed by atoms with Crippen LogP contribution in [0.3, 0.4) is 0 Å². The summed E-state index contributed by atoms with van der Waals surface area (Å²) in [5.74, 6) is -0.143. The third-order valence-electron chi connectivity index (χ3n) is 3.73. The smallest absolute Gasteiger partial charge is 0.334 e. The first-order valence-corrected chi connectivity index (χ1v) is 6.30. The van der Waals surface area contributed by atoms with Crippen LogP contribution < -0.4 is 0 Å². The quantitative estimate of drug-likeness (QED) is 0.470. The molecule has 0 fully saturated rings. The zero-order valence-corrected chi connectivity index (χ0v) is 10.9. The number of ether oxygens (including phenoxy) is 1. The zero-order valence-electron chi connectivity index (χ0n) is 10.9. The van der Waals surface area contributed by atoms with Gasteiger partial charge in [-0.3, -0.25) is 0 Å². The lowest BCUT2D eigenvalue weighted by Gasteiger charge is -2.27. The monoisotopic (exact) mass is 232 g/mol. The molecule has 0 saturated heterocycles. The van der Waals surface area contributed by atoms with Gasteiger partial charge >= 0.3 is 5.97 Å². The molecular formula is C15H20O2. The van der Waals surface area contributed by atoms with Crippen molar-refractivity contribution in [2.45, 2.75) is 52.6 Å². The topological polar surface area (TPSA) is 26.3 Å². The minimum absolute atomic E-state index is 0.0343. The minimum Gasteiger partial charge on any atom is -0.454 e. The molecule has 2 aliphatic rings. The molecule has 0 unspecified atom stereocenters. The summed E-state index contributed by atoms with van der Waals surface area (Å²) in [6.45, 7) is 6.11. The number of fused-ring (bicyclic) bond motifs is 2. The van der Waals surface area contributed by atoms with Gasteiger partial charge in [0.1, 0.15) is 6.10 Å². The predicted molar refractivity (Wildman–Crippen MR) is 68.6 cm³/mol. The first-order chi connectivity index (χ1) is 8.08. The molecule has 0 N–H and O–H groups in total. The van der Waals surface area contributed by atoms with Crippen LogP contribution >= 0.6 is 0 Å². The molecular weight excluding hydrogens is 212 g/mol. The van der Waals surface area contributed by atoms with E-state index in [0.29, 0.717) is 0 Å². The Kier molecular flexibility index (Phi) is 3.51. The van der Waals surface area contributed by atoms with Gasteiger partial charge in [-0.2, -0.15) is 0 Å². The van der Waals surface area contributed by atoms with Crippen molar-refractivity contribution in [3.05, 3.63) is 34.4 Å². The highest BCUT2D eigenvalue weighted by Crippen LogP contribution is 2.29. The van der Waals surface area contributed by atoms with Gasteiger partial charge in [-0.1, -0.05) is 23.3 Å². The van der Waals surface area contributed by atoms with Crippen LogP contribution in [0.2, 0.25) is 0 Å². The van der Waals surface area contributed by atoms with Gasteiger partial charge in [0.15, 0.2) is 0 Å². The van der Waals surface area contributed by atoms with E-state index in [9.17, 15) is 4.79 Å². The first kappa shape index (κ1) is 12.2. The molecule has 2 heteroatoms. The van der Waals surface area contributed by atoms with Crippen LogP contribution in [0.25, 0.3) is 0 Å². The largest absolute Gasteiger partial charge is 0.454 e. The molecule has 0 aromatic rings. The van der Waals surface area contributed by atoms with E-state index >= 15 is 0 Å². The summed E-state index contributed by atoms with van der Waals surface area (Å²) in [5, 5.41) is 0.